The number of anilines is 2. The molecule has 0 aliphatic carbocycles. The molecule has 2 aliphatic heterocycles. The summed E-state index contributed by atoms with van der Waals surface area (Å²) in [5.41, 5.74) is 2.05. The predicted molar refractivity (Wildman–Crippen MR) is 184 cm³/mol. The number of aromatic nitrogens is 4. The van der Waals surface area contributed by atoms with Gasteiger partial charge in [-0.1, -0.05) is 45.0 Å². The lowest BCUT2D eigenvalue weighted by atomic mass is 9.71. The summed E-state index contributed by atoms with van der Waals surface area (Å²) in [6.45, 7) is 17.9. The number of carboxylic acid groups (broad SMARTS) is 1. The number of hydrogen-bond acceptors (Lipinski definition) is 7. The fourth-order valence-electron chi connectivity index (χ4n) is 6.77. The highest BCUT2D eigenvalue weighted by Gasteiger charge is 2.51. The fourth-order valence-corrected chi connectivity index (χ4v) is 7.05. The monoisotopic (exact) mass is 648 g/mol. The molecule has 4 heterocycles. The molecule has 6 rings (SSSR count). The van der Waals surface area contributed by atoms with E-state index in [4.69, 9.17) is 21.6 Å². The Hall–Kier alpha value is -3.96. The number of aromatic amines is 1. The largest absolute Gasteiger partial charge is 0.465 e. The molecule has 2 N–H and O–H groups in total. The van der Waals surface area contributed by atoms with Gasteiger partial charge in [0.05, 0.1) is 21.8 Å². The number of hydrogen-bond donors (Lipinski definition) is 2. The summed E-state index contributed by atoms with van der Waals surface area (Å²) in [4.78, 5) is 30.3. The predicted octanol–water partition coefficient (Wildman–Crippen LogP) is 6.66. The molecule has 244 valence electrons. The van der Waals surface area contributed by atoms with Crippen LogP contribution >= 0.6 is 11.6 Å². The molecule has 1 amide bonds. The van der Waals surface area contributed by atoms with Crippen molar-refractivity contribution < 1.29 is 14.3 Å². The molecule has 12 heteroatoms. The lowest BCUT2D eigenvalue weighted by Gasteiger charge is -2.56. The van der Waals surface area contributed by atoms with Gasteiger partial charge in [-0.25, -0.2) is 14.2 Å². The number of nitrogens with zero attached hydrogens (tertiary/aromatic N) is 7. The Morgan fingerprint density at radius 1 is 1.22 bits per heavy atom. The van der Waals surface area contributed by atoms with Crippen molar-refractivity contribution in [1.29, 1.82) is 0 Å². The molecular formula is C34H42ClFN8O2. The molecule has 0 radical (unpaired) electrons. The van der Waals surface area contributed by atoms with Crippen LogP contribution in [0.3, 0.4) is 0 Å². The maximum Gasteiger partial charge on any atom is 0.407 e. The molecule has 0 unspecified atom stereocenters. The molecule has 2 aliphatic rings. The van der Waals surface area contributed by atoms with Gasteiger partial charge in [-0.2, -0.15) is 10.1 Å². The third-order valence-corrected chi connectivity index (χ3v) is 10.6. The van der Waals surface area contributed by atoms with E-state index in [0.717, 1.165) is 16.5 Å². The number of likely N-dealkylation sites (N-methyl/N-ethyl adjacent to an activating group) is 1. The van der Waals surface area contributed by atoms with E-state index in [1.165, 1.54) is 4.90 Å². The summed E-state index contributed by atoms with van der Waals surface area (Å²) < 4.78 is 17.2. The van der Waals surface area contributed by atoms with Gasteiger partial charge in [0.2, 0.25) is 5.95 Å². The smallest absolute Gasteiger partial charge is 0.407 e. The van der Waals surface area contributed by atoms with Crippen molar-refractivity contribution in [3.05, 3.63) is 46.9 Å². The lowest BCUT2D eigenvalue weighted by Crippen LogP contribution is -2.70. The second-order valence-corrected chi connectivity index (χ2v) is 14.6. The molecule has 0 bridgehead atoms. The van der Waals surface area contributed by atoms with Gasteiger partial charge >= 0.3 is 6.09 Å². The zero-order valence-corrected chi connectivity index (χ0v) is 28.5. The maximum atomic E-state index is 17.2. The first-order valence-corrected chi connectivity index (χ1v) is 15.9. The zero-order valence-electron chi connectivity index (χ0n) is 27.7. The zero-order chi connectivity index (χ0) is 33.5. The summed E-state index contributed by atoms with van der Waals surface area (Å²) in [5.74, 6) is 0.432. The molecule has 0 saturated carbocycles. The molecule has 2 aromatic heterocycles. The van der Waals surface area contributed by atoms with Gasteiger partial charge < -0.3 is 19.8 Å². The van der Waals surface area contributed by atoms with Crippen molar-refractivity contribution >= 4 is 57.3 Å². The topological polar surface area (TPSA) is 105 Å². The second-order valence-electron chi connectivity index (χ2n) is 14.2. The minimum atomic E-state index is -0.964. The van der Waals surface area contributed by atoms with Gasteiger partial charge in [-0.05, 0) is 64.1 Å². The number of carbonyl (C=O) groups is 1. The average Bonchev–Trinajstić information content (AvgIpc) is 3.37. The molecule has 4 aromatic rings. The number of halogens is 2. The highest BCUT2D eigenvalue weighted by molar-refractivity contribution is 6.35. The van der Waals surface area contributed by atoms with E-state index in [1.54, 1.807) is 12.1 Å². The SMILES string of the molecule is C=Cc1n[nH]c2ccc(C)c(-c3c(Cl)cc4c(N5C[C@@](C)(C(C)(C)C)N(C(=O)O)C[C@@H]5C)nc(N5CC(N(C)C)C5)nc4c3F)c12. The van der Waals surface area contributed by atoms with Crippen molar-refractivity contribution in [1.82, 2.24) is 30.0 Å². The molecule has 10 nitrogen and oxygen atoms in total. The number of H-pyrrole nitrogens is 1. The quantitative estimate of drug-likeness (QED) is 0.248. The summed E-state index contributed by atoms with van der Waals surface area (Å²) in [7, 11) is 4.08. The Labute approximate surface area is 273 Å². The van der Waals surface area contributed by atoms with E-state index in [-0.39, 0.29) is 28.7 Å². The van der Waals surface area contributed by atoms with E-state index in [9.17, 15) is 9.90 Å². The molecule has 2 atom stereocenters. The van der Waals surface area contributed by atoms with Gasteiger partial charge in [0.1, 0.15) is 11.3 Å². The van der Waals surface area contributed by atoms with Crippen molar-refractivity contribution in [3.63, 3.8) is 0 Å². The van der Waals surface area contributed by atoms with Crippen LogP contribution in [-0.4, -0.2) is 99.1 Å². The standard InChI is InChI=1S/C34H42ClFN8O2/c1-10-23-27-24(40-39-23)12-11-18(2)25(27)26-22(35)13-21-29(28(26)36)37-31(42-15-20(16-42)41(8)9)38-30(21)43-17-34(7,33(4,5)6)44(32(45)46)14-19(43)3/h10-13,19-20H,1,14-17H2,2-9H3,(H,39,40)(H,45,46)/t19-,34-/m0/s1. The van der Waals surface area contributed by atoms with Gasteiger partial charge in [0.25, 0.3) is 0 Å². The number of amides is 1. The molecule has 46 heavy (non-hydrogen) atoms. The Kier molecular flexibility index (Phi) is 7.71. The lowest BCUT2D eigenvalue weighted by molar-refractivity contribution is -0.00146. The van der Waals surface area contributed by atoms with Gasteiger partial charge in [-0.3, -0.25) is 10.00 Å². The Balaban J connectivity index is 1.60. The average molecular weight is 649 g/mol. The molecule has 0 spiro atoms. The summed E-state index contributed by atoms with van der Waals surface area (Å²) >= 11 is 7.04. The highest BCUT2D eigenvalue weighted by atomic mass is 35.5. The Bertz CT molecular complexity index is 1880. The van der Waals surface area contributed by atoms with E-state index in [0.29, 0.717) is 54.1 Å². The van der Waals surface area contributed by atoms with Crippen LogP contribution in [0.5, 0.6) is 0 Å². The molecule has 2 saturated heterocycles. The van der Waals surface area contributed by atoms with E-state index >= 15 is 4.39 Å². The van der Waals surface area contributed by atoms with Crippen molar-refractivity contribution in [2.24, 2.45) is 5.41 Å². The van der Waals surface area contributed by atoms with Crippen LogP contribution in [0.25, 0.3) is 39.0 Å². The summed E-state index contributed by atoms with van der Waals surface area (Å²) in [5, 5.41) is 19.1. The van der Waals surface area contributed by atoms with E-state index in [1.807, 2.05) is 67.8 Å². The van der Waals surface area contributed by atoms with E-state index < -0.39 is 22.9 Å². The molecule has 2 aromatic carbocycles. The Morgan fingerprint density at radius 2 is 1.91 bits per heavy atom. The molecular weight excluding hydrogens is 607 g/mol. The molecule has 2 fully saturated rings. The van der Waals surface area contributed by atoms with Gasteiger partial charge in [0, 0.05) is 60.2 Å². The minimum absolute atomic E-state index is 0.165. The van der Waals surface area contributed by atoms with Crippen LogP contribution in [0.1, 0.15) is 45.9 Å². The van der Waals surface area contributed by atoms with Crippen molar-refractivity contribution in [2.75, 3.05) is 50.1 Å². The van der Waals surface area contributed by atoms with Crippen LogP contribution < -0.4 is 9.80 Å². The fraction of sp³-hybridized carbons (Fsp3) is 0.471. The summed E-state index contributed by atoms with van der Waals surface area (Å²) in [6, 6.07) is 5.66. The van der Waals surface area contributed by atoms with Crippen LogP contribution in [0, 0.1) is 18.2 Å². The van der Waals surface area contributed by atoms with Crippen molar-refractivity contribution in [3.8, 4) is 11.1 Å². The maximum absolute atomic E-state index is 17.2. The third-order valence-electron chi connectivity index (χ3n) is 10.3. The number of rotatable bonds is 5. The normalized spacial score (nSPS) is 21.0. The summed E-state index contributed by atoms with van der Waals surface area (Å²) in [6.07, 6.45) is 0.677. The Morgan fingerprint density at radius 3 is 2.52 bits per heavy atom. The minimum Gasteiger partial charge on any atom is -0.465 e. The van der Waals surface area contributed by atoms with Crippen LogP contribution in [0.2, 0.25) is 5.02 Å². The highest BCUT2D eigenvalue weighted by Crippen LogP contribution is 2.46. The first-order chi connectivity index (χ1) is 21.6. The van der Waals surface area contributed by atoms with Crippen molar-refractivity contribution in [2.45, 2.75) is 59.2 Å². The van der Waals surface area contributed by atoms with Crippen LogP contribution in [0.4, 0.5) is 21.0 Å². The second kappa shape index (κ2) is 11.1. The first kappa shape index (κ1) is 32.0. The third kappa shape index (κ3) is 4.86. The number of piperazine rings is 1. The van der Waals surface area contributed by atoms with Crippen LogP contribution in [0.15, 0.2) is 24.8 Å². The van der Waals surface area contributed by atoms with Gasteiger partial charge in [0.15, 0.2) is 5.82 Å². The number of benzene rings is 2. The number of fused-ring (bicyclic) bond motifs is 2. The van der Waals surface area contributed by atoms with Gasteiger partial charge in [-0.15, -0.1) is 0 Å². The van der Waals surface area contributed by atoms with Crippen LogP contribution in [-0.2, 0) is 0 Å². The van der Waals surface area contributed by atoms with E-state index in [2.05, 4.69) is 31.5 Å². The number of aryl methyl sites for hydroxylation is 1. The number of nitrogens with one attached hydrogen (secondary N) is 1. The first-order valence-electron chi connectivity index (χ1n) is 15.6.